The predicted molar refractivity (Wildman–Crippen MR) is 63.5 cm³/mol. The van der Waals surface area contributed by atoms with Gasteiger partial charge in [-0.25, -0.2) is 10.8 Å². The first-order valence-electron chi connectivity index (χ1n) is 5.72. The maximum absolute atomic E-state index is 8.62. The van der Waals surface area contributed by atoms with Gasteiger partial charge in [-0.2, -0.15) is 5.26 Å². The van der Waals surface area contributed by atoms with Crippen LogP contribution in [0.15, 0.2) is 12.4 Å². The van der Waals surface area contributed by atoms with Crippen molar-refractivity contribution in [2.24, 2.45) is 5.84 Å². The number of rotatable bonds is 6. The number of hydrogen-bond acceptors (Lipinski definition) is 6. The molecule has 6 heteroatoms. The van der Waals surface area contributed by atoms with Crippen LogP contribution in [0.1, 0.15) is 25.0 Å². The quantitative estimate of drug-likeness (QED) is 0.552. The Morgan fingerprint density at radius 1 is 1.47 bits per heavy atom. The number of aromatic nitrogens is 2. The molecule has 1 saturated carbocycles. The molecule has 0 radical (unpaired) electrons. The number of nitriles is 1. The Hall–Kier alpha value is -1.71. The Morgan fingerprint density at radius 3 is 2.82 bits per heavy atom. The molecule has 3 N–H and O–H groups in total. The van der Waals surface area contributed by atoms with Crippen LogP contribution in [0.2, 0.25) is 0 Å². The zero-order valence-electron chi connectivity index (χ0n) is 9.63. The van der Waals surface area contributed by atoms with Crippen molar-refractivity contribution < 1.29 is 0 Å². The molecule has 0 aliphatic heterocycles. The number of hydrogen-bond donors (Lipinski definition) is 2. The summed E-state index contributed by atoms with van der Waals surface area (Å²) in [6.45, 7) is 1.56. The number of nitrogens with one attached hydrogen (secondary N) is 1. The van der Waals surface area contributed by atoms with Crippen LogP contribution in [0.4, 0.5) is 5.82 Å². The van der Waals surface area contributed by atoms with Crippen molar-refractivity contribution in [1.29, 1.82) is 5.26 Å². The van der Waals surface area contributed by atoms with Crippen molar-refractivity contribution in [3.8, 4) is 6.07 Å². The zero-order chi connectivity index (χ0) is 12.1. The summed E-state index contributed by atoms with van der Waals surface area (Å²) in [4.78, 5) is 10.7. The summed E-state index contributed by atoms with van der Waals surface area (Å²) in [5, 5.41) is 8.62. The molecule has 0 saturated heterocycles. The Morgan fingerprint density at radius 2 is 2.29 bits per heavy atom. The normalized spacial score (nSPS) is 14.6. The fraction of sp³-hybridized carbons (Fsp3) is 0.545. The lowest BCUT2D eigenvalue weighted by Crippen LogP contribution is -2.27. The molecule has 0 atom stereocenters. The molecule has 17 heavy (non-hydrogen) atoms. The average Bonchev–Trinajstić information content (AvgIpc) is 3.19. The third-order valence-corrected chi connectivity index (χ3v) is 2.79. The van der Waals surface area contributed by atoms with Crippen LogP contribution in [0, 0.1) is 11.3 Å². The Bertz CT molecular complexity index is 391. The lowest BCUT2D eigenvalue weighted by Gasteiger charge is -2.19. The molecule has 0 aromatic carbocycles. The molecule has 90 valence electrons. The van der Waals surface area contributed by atoms with Gasteiger partial charge in [-0.15, -0.1) is 0 Å². The smallest absolute Gasteiger partial charge is 0.158 e. The molecular weight excluding hydrogens is 216 g/mol. The first kappa shape index (κ1) is 11.8. The minimum atomic E-state index is 0.559. The number of nitrogen functional groups attached to an aromatic ring is 1. The summed E-state index contributed by atoms with van der Waals surface area (Å²) in [6.07, 6.45) is 6.34. The Balaban J connectivity index is 1.94. The first-order chi connectivity index (χ1) is 8.33. The minimum Gasteiger partial charge on any atom is -0.307 e. The van der Waals surface area contributed by atoms with Crippen LogP contribution in [0.5, 0.6) is 0 Å². The maximum Gasteiger partial charge on any atom is 0.158 e. The molecule has 1 aromatic heterocycles. The zero-order valence-corrected chi connectivity index (χ0v) is 9.63. The Labute approximate surface area is 100 Å². The van der Waals surface area contributed by atoms with Gasteiger partial charge < -0.3 is 5.43 Å². The molecule has 0 unspecified atom stereocenters. The van der Waals surface area contributed by atoms with Crippen molar-refractivity contribution in [3.63, 3.8) is 0 Å². The highest BCUT2D eigenvalue weighted by atomic mass is 15.3. The summed E-state index contributed by atoms with van der Waals surface area (Å²) in [6, 6.07) is 2.80. The van der Waals surface area contributed by atoms with Crippen LogP contribution < -0.4 is 11.3 Å². The van der Waals surface area contributed by atoms with E-state index in [2.05, 4.69) is 26.4 Å². The summed E-state index contributed by atoms with van der Waals surface area (Å²) in [5.41, 5.74) is 3.36. The van der Waals surface area contributed by atoms with Crippen molar-refractivity contribution in [2.45, 2.75) is 31.8 Å². The molecule has 1 heterocycles. The second-order valence-electron chi connectivity index (χ2n) is 4.15. The van der Waals surface area contributed by atoms with Gasteiger partial charge in [0, 0.05) is 25.6 Å². The number of hydrazine groups is 1. The van der Waals surface area contributed by atoms with E-state index in [1.165, 1.54) is 12.8 Å². The molecule has 0 amide bonds. The molecule has 1 fully saturated rings. The van der Waals surface area contributed by atoms with Gasteiger partial charge in [0.2, 0.25) is 0 Å². The maximum atomic E-state index is 8.62. The number of nitrogens with zero attached hydrogens (tertiary/aromatic N) is 4. The molecule has 2 rings (SSSR count). The van der Waals surface area contributed by atoms with E-state index in [4.69, 9.17) is 11.1 Å². The van der Waals surface area contributed by atoms with E-state index in [0.717, 1.165) is 18.8 Å². The van der Waals surface area contributed by atoms with Gasteiger partial charge in [0.1, 0.15) is 0 Å². The fourth-order valence-corrected chi connectivity index (χ4v) is 1.74. The van der Waals surface area contributed by atoms with E-state index in [1.54, 1.807) is 12.4 Å². The van der Waals surface area contributed by atoms with E-state index >= 15 is 0 Å². The Kier molecular flexibility index (Phi) is 3.85. The van der Waals surface area contributed by atoms with Crippen molar-refractivity contribution in [1.82, 2.24) is 14.9 Å². The van der Waals surface area contributed by atoms with E-state index in [0.29, 0.717) is 18.3 Å². The monoisotopic (exact) mass is 232 g/mol. The van der Waals surface area contributed by atoms with Crippen molar-refractivity contribution >= 4 is 5.82 Å². The second kappa shape index (κ2) is 5.57. The van der Waals surface area contributed by atoms with Crippen LogP contribution in [0.3, 0.4) is 0 Å². The first-order valence-corrected chi connectivity index (χ1v) is 5.72. The molecule has 6 nitrogen and oxygen atoms in total. The van der Waals surface area contributed by atoms with E-state index in [9.17, 15) is 0 Å². The third-order valence-electron chi connectivity index (χ3n) is 2.79. The van der Waals surface area contributed by atoms with Crippen LogP contribution in [0.25, 0.3) is 0 Å². The minimum absolute atomic E-state index is 0.559. The largest absolute Gasteiger partial charge is 0.307 e. The molecule has 1 aliphatic rings. The van der Waals surface area contributed by atoms with Gasteiger partial charge >= 0.3 is 0 Å². The molecule has 1 aromatic rings. The standard InChI is InChI=1S/C11H16N6/c12-4-1-5-17(10-2-3-10)8-9-6-15-11(16-13)7-14-9/h6-7,10H,1-3,5,8,13H2,(H,15,16). The van der Waals surface area contributed by atoms with Crippen molar-refractivity contribution in [2.75, 3.05) is 12.0 Å². The molecule has 1 aliphatic carbocycles. The lowest BCUT2D eigenvalue weighted by molar-refractivity contribution is 0.257. The number of anilines is 1. The fourth-order valence-electron chi connectivity index (χ4n) is 1.74. The van der Waals surface area contributed by atoms with Gasteiger partial charge in [0.15, 0.2) is 5.82 Å². The third kappa shape index (κ3) is 3.37. The summed E-state index contributed by atoms with van der Waals surface area (Å²) < 4.78 is 0. The predicted octanol–water partition coefficient (Wildman–Crippen LogP) is 0.640. The van der Waals surface area contributed by atoms with Crippen LogP contribution in [-0.4, -0.2) is 27.5 Å². The van der Waals surface area contributed by atoms with Crippen molar-refractivity contribution in [3.05, 3.63) is 18.1 Å². The van der Waals surface area contributed by atoms with Crippen LogP contribution in [-0.2, 0) is 6.54 Å². The van der Waals surface area contributed by atoms with E-state index in [1.807, 2.05) is 0 Å². The summed E-state index contributed by atoms with van der Waals surface area (Å²) in [7, 11) is 0. The molecular formula is C11H16N6. The summed E-state index contributed by atoms with van der Waals surface area (Å²) >= 11 is 0. The molecule has 0 spiro atoms. The van der Waals surface area contributed by atoms with Gasteiger partial charge in [0.25, 0.3) is 0 Å². The highest BCUT2D eigenvalue weighted by molar-refractivity contribution is 5.28. The lowest BCUT2D eigenvalue weighted by atomic mass is 10.3. The SMILES string of the molecule is N#CCCN(Cc1cnc(NN)cn1)C1CC1. The average molecular weight is 232 g/mol. The van der Waals surface area contributed by atoms with E-state index in [-0.39, 0.29) is 0 Å². The van der Waals surface area contributed by atoms with Gasteiger partial charge in [-0.05, 0) is 12.8 Å². The second-order valence-corrected chi connectivity index (χ2v) is 4.15. The highest BCUT2D eigenvalue weighted by Gasteiger charge is 2.28. The molecule has 0 bridgehead atoms. The topological polar surface area (TPSA) is 90.9 Å². The summed E-state index contributed by atoms with van der Waals surface area (Å²) in [5.74, 6) is 5.79. The van der Waals surface area contributed by atoms with Crippen LogP contribution >= 0.6 is 0 Å². The number of nitrogens with two attached hydrogens (primary N) is 1. The van der Waals surface area contributed by atoms with Gasteiger partial charge in [0.05, 0.1) is 24.2 Å². The highest BCUT2D eigenvalue weighted by Crippen LogP contribution is 2.27. The van der Waals surface area contributed by atoms with Gasteiger partial charge in [-0.3, -0.25) is 9.88 Å². The van der Waals surface area contributed by atoms with E-state index < -0.39 is 0 Å². The van der Waals surface area contributed by atoms with Gasteiger partial charge in [-0.1, -0.05) is 0 Å².